The summed E-state index contributed by atoms with van der Waals surface area (Å²) in [4.78, 5) is 52.9. The van der Waals surface area contributed by atoms with Gasteiger partial charge in [0.15, 0.2) is 0 Å². The number of ether oxygens (including phenoxy) is 2. The highest BCUT2D eigenvalue weighted by molar-refractivity contribution is 7.86. The molecule has 0 saturated carbocycles. The largest absolute Gasteiger partial charge is 0.446 e. The van der Waals surface area contributed by atoms with Crippen molar-refractivity contribution in [2.24, 2.45) is 11.8 Å². The zero-order valence-electron chi connectivity index (χ0n) is 24.9. The van der Waals surface area contributed by atoms with Crippen molar-refractivity contribution >= 4 is 34.1 Å². The molecule has 14 nitrogen and oxygen atoms in total. The van der Waals surface area contributed by atoms with Gasteiger partial charge in [0, 0.05) is 37.4 Å². The molecule has 0 radical (unpaired) electrons. The maximum absolute atomic E-state index is 13.3. The SMILES string of the molecule is CC(C)C[C@H](NC(=O)OC1CC2CCC(C1)N2C(=O)OCc1ccccc1)C(=O)NC(CC1CCNC1=O)C(O)S(=O)(=O)O. The van der Waals surface area contributed by atoms with Crippen molar-refractivity contribution in [3.05, 3.63) is 35.9 Å². The fraction of sp³-hybridized carbons (Fsp3) is 0.655. The van der Waals surface area contributed by atoms with Gasteiger partial charge in [-0.1, -0.05) is 44.2 Å². The van der Waals surface area contributed by atoms with Gasteiger partial charge in [-0.15, -0.1) is 0 Å². The number of aliphatic hydroxyl groups excluding tert-OH is 1. The second-order valence-electron chi connectivity index (χ2n) is 12.2. The van der Waals surface area contributed by atoms with E-state index in [1.54, 1.807) is 4.90 Å². The van der Waals surface area contributed by atoms with Crippen LogP contribution >= 0.6 is 0 Å². The molecule has 3 fully saturated rings. The zero-order valence-corrected chi connectivity index (χ0v) is 25.7. The van der Waals surface area contributed by atoms with Crippen LogP contribution in [0.2, 0.25) is 0 Å². The lowest BCUT2D eigenvalue weighted by molar-refractivity contribution is -0.126. The molecule has 244 valence electrons. The molecule has 0 aromatic heterocycles. The molecule has 44 heavy (non-hydrogen) atoms. The molecule has 1 aromatic rings. The first-order valence-electron chi connectivity index (χ1n) is 15.0. The van der Waals surface area contributed by atoms with E-state index in [9.17, 15) is 37.3 Å². The lowest BCUT2D eigenvalue weighted by Crippen LogP contribution is -2.55. The highest BCUT2D eigenvalue weighted by Gasteiger charge is 2.45. The Morgan fingerprint density at radius 2 is 1.73 bits per heavy atom. The lowest BCUT2D eigenvalue weighted by Gasteiger charge is -2.37. The third-order valence-electron chi connectivity index (χ3n) is 8.37. The molecule has 4 rings (SSSR count). The maximum Gasteiger partial charge on any atom is 0.410 e. The molecule has 15 heteroatoms. The maximum atomic E-state index is 13.3. The van der Waals surface area contributed by atoms with Gasteiger partial charge < -0.3 is 35.4 Å². The summed E-state index contributed by atoms with van der Waals surface area (Å²) < 4.78 is 44.1. The van der Waals surface area contributed by atoms with Gasteiger partial charge in [0.05, 0.1) is 6.04 Å². The van der Waals surface area contributed by atoms with Crippen LogP contribution < -0.4 is 16.0 Å². The fourth-order valence-corrected chi connectivity index (χ4v) is 6.85. The quantitative estimate of drug-likeness (QED) is 0.210. The van der Waals surface area contributed by atoms with Crippen LogP contribution in [0, 0.1) is 11.8 Å². The molecule has 3 aliphatic heterocycles. The van der Waals surface area contributed by atoms with Crippen molar-refractivity contribution in [1.82, 2.24) is 20.9 Å². The topological polar surface area (TPSA) is 201 Å². The number of hydrogen-bond donors (Lipinski definition) is 5. The second-order valence-corrected chi connectivity index (χ2v) is 13.7. The number of carbonyl (C=O) groups excluding carboxylic acids is 4. The number of alkyl carbamates (subject to hydrolysis) is 1. The first-order valence-corrected chi connectivity index (χ1v) is 16.5. The van der Waals surface area contributed by atoms with Crippen molar-refractivity contribution in [1.29, 1.82) is 0 Å². The van der Waals surface area contributed by atoms with Crippen LogP contribution in [0.3, 0.4) is 0 Å². The molecule has 0 spiro atoms. The molecular formula is C29H42N4O10S. The molecule has 4 amide bonds. The smallest absolute Gasteiger partial charge is 0.410 e. The summed E-state index contributed by atoms with van der Waals surface area (Å²) in [5, 5.41) is 17.8. The number of nitrogens with one attached hydrogen (secondary N) is 3. The first-order chi connectivity index (χ1) is 20.8. The highest BCUT2D eigenvalue weighted by Crippen LogP contribution is 2.37. The van der Waals surface area contributed by atoms with Crippen LogP contribution in [0.15, 0.2) is 30.3 Å². The minimum absolute atomic E-state index is 0.0717. The summed E-state index contributed by atoms with van der Waals surface area (Å²) in [6.07, 6.45) is 0.881. The van der Waals surface area contributed by atoms with E-state index >= 15 is 0 Å². The van der Waals surface area contributed by atoms with Crippen LogP contribution in [0.1, 0.15) is 64.4 Å². The number of fused-ring (bicyclic) bond motifs is 2. The van der Waals surface area contributed by atoms with Crippen molar-refractivity contribution < 1.29 is 46.7 Å². The number of aliphatic hydroxyl groups is 1. The molecule has 3 saturated heterocycles. The Kier molecular flexibility index (Phi) is 11.1. The predicted molar refractivity (Wildman–Crippen MR) is 156 cm³/mol. The number of hydrogen-bond acceptors (Lipinski definition) is 9. The third kappa shape index (κ3) is 8.82. The van der Waals surface area contributed by atoms with E-state index in [4.69, 9.17) is 9.47 Å². The molecule has 2 bridgehead atoms. The van der Waals surface area contributed by atoms with Crippen molar-refractivity contribution in [3.8, 4) is 0 Å². The average Bonchev–Trinajstić information content (AvgIpc) is 3.49. The van der Waals surface area contributed by atoms with Gasteiger partial charge in [-0.3, -0.25) is 14.1 Å². The summed E-state index contributed by atoms with van der Waals surface area (Å²) >= 11 is 0. The van der Waals surface area contributed by atoms with Crippen molar-refractivity contribution in [3.63, 3.8) is 0 Å². The van der Waals surface area contributed by atoms with Gasteiger partial charge in [-0.05, 0) is 43.6 Å². The van der Waals surface area contributed by atoms with Crippen molar-refractivity contribution in [2.45, 2.75) is 101 Å². The highest BCUT2D eigenvalue weighted by atomic mass is 32.2. The molecule has 5 unspecified atom stereocenters. The van der Waals surface area contributed by atoms with E-state index in [1.165, 1.54) is 0 Å². The summed E-state index contributed by atoms with van der Waals surface area (Å²) in [5.74, 6) is -1.89. The molecule has 3 heterocycles. The van der Waals surface area contributed by atoms with E-state index in [0.29, 0.717) is 25.8 Å². The van der Waals surface area contributed by atoms with Crippen molar-refractivity contribution in [2.75, 3.05) is 6.54 Å². The van der Waals surface area contributed by atoms with Crippen LogP contribution in [0.5, 0.6) is 0 Å². The van der Waals surface area contributed by atoms with Crippen LogP contribution in [-0.4, -0.2) is 89.2 Å². The number of rotatable bonds is 12. The molecule has 3 aliphatic rings. The summed E-state index contributed by atoms with van der Waals surface area (Å²) in [6, 6.07) is 6.41. The van der Waals surface area contributed by atoms with Gasteiger partial charge in [0.25, 0.3) is 10.1 Å². The first kappa shape index (κ1) is 33.5. The minimum atomic E-state index is -4.97. The normalized spacial score (nSPS) is 25.1. The van der Waals surface area contributed by atoms with E-state index in [0.717, 1.165) is 18.4 Å². The van der Waals surface area contributed by atoms with Crippen LogP contribution in [0.25, 0.3) is 0 Å². The number of nitrogens with zero attached hydrogens (tertiary/aromatic N) is 1. The standard InChI is InChI=1S/C29H42N4O10S/c1-17(2)12-23(26(35)31-24(27(36)44(39,40)41)13-19-10-11-30-25(19)34)32-28(37)43-22-14-20-8-9-21(15-22)33(20)29(38)42-16-18-6-4-3-5-7-18/h3-7,17,19-24,27,36H,8-16H2,1-2H3,(H,30,34)(H,31,35)(H,32,37)(H,39,40,41)/t19?,20?,21?,22?,23-,24?,27?/m0/s1. The Morgan fingerprint density at radius 1 is 1.07 bits per heavy atom. The van der Waals surface area contributed by atoms with Gasteiger partial charge in [0.2, 0.25) is 17.3 Å². The van der Waals surface area contributed by atoms with E-state index in [-0.39, 0.29) is 43.4 Å². The number of benzene rings is 1. The molecular weight excluding hydrogens is 596 g/mol. The average molecular weight is 639 g/mol. The Bertz CT molecular complexity index is 1280. The Labute approximate surface area is 257 Å². The van der Waals surface area contributed by atoms with E-state index in [2.05, 4.69) is 16.0 Å². The van der Waals surface area contributed by atoms with Crippen LogP contribution in [-0.2, 0) is 35.8 Å². The molecule has 6 atom stereocenters. The Morgan fingerprint density at radius 3 is 2.30 bits per heavy atom. The summed E-state index contributed by atoms with van der Waals surface area (Å²) in [6.45, 7) is 4.17. The van der Waals surface area contributed by atoms with E-state index in [1.807, 2.05) is 44.2 Å². The zero-order chi connectivity index (χ0) is 32.0. The third-order valence-corrected chi connectivity index (χ3v) is 9.31. The number of carbonyl (C=O) groups is 4. The monoisotopic (exact) mass is 638 g/mol. The van der Waals surface area contributed by atoms with Gasteiger partial charge in [-0.2, -0.15) is 8.42 Å². The van der Waals surface area contributed by atoms with Crippen LogP contribution in [0.4, 0.5) is 9.59 Å². The predicted octanol–water partition coefficient (Wildman–Crippen LogP) is 1.68. The Hall–Kier alpha value is -3.43. The minimum Gasteiger partial charge on any atom is -0.446 e. The van der Waals surface area contributed by atoms with Gasteiger partial charge in [-0.25, -0.2) is 9.59 Å². The van der Waals surface area contributed by atoms with E-state index < -0.39 is 57.8 Å². The van der Waals surface area contributed by atoms with Gasteiger partial charge >= 0.3 is 12.2 Å². The lowest BCUT2D eigenvalue weighted by atomic mass is 9.97. The summed E-state index contributed by atoms with van der Waals surface area (Å²) in [7, 11) is -4.97. The molecule has 5 N–H and O–H groups in total. The summed E-state index contributed by atoms with van der Waals surface area (Å²) in [5.41, 5.74) is -1.49. The Balaban J connectivity index is 1.34. The fourth-order valence-electron chi connectivity index (χ4n) is 6.26. The van der Waals surface area contributed by atoms with Gasteiger partial charge in [0.1, 0.15) is 18.8 Å². The number of piperidine rings is 1. The molecule has 0 aliphatic carbocycles. The second kappa shape index (κ2) is 14.6. The molecule has 1 aromatic carbocycles. The number of amides is 4.